The number of methoxy groups -OCH3 is 1. The summed E-state index contributed by atoms with van der Waals surface area (Å²) in [7, 11) is 1.17. The van der Waals surface area contributed by atoms with Crippen LogP contribution in [0.4, 0.5) is 13.2 Å². The lowest BCUT2D eigenvalue weighted by molar-refractivity contribution is -0.139. The molecule has 0 fully saturated rings. The molecule has 1 aromatic heterocycles. The van der Waals surface area contributed by atoms with Crippen LogP contribution in [0.3, 0.4) is 0 Å². The molecule has 1 unspecified atom stereocenters. The number of rotatable bonds is 2. The van der Waals surface area contributed by atoms with Crippen LogP contribution in [0.1, 0.15) is 46.0 Å². The second-order valence-corrected chi connectivity index (χ2v) is 5.55. The van der Waals surface area contributed by atoms with Gasteiger partial charge in [-0.1, -0.05) is 18.2 Å². The second kappa shape index (κ2) is 5.40. The number of carbonyl (C=O) groups excluding carboxylic acids is 2. The maximum atomic E-state index is 12.9. The molecular weight excluding hydrogens is 311 g/mol. The minimum Gasteiger partial charge on any atom is -0.465 e. The number of benzene rings is 1. The van der Waals surface area contributed by atoms with Gasteiger partial charge < -0.3 is 4.74 Å². The van der Waals surface area contributed by atoms with Gasteiger partial charge in [-0.3, -0.25) is 9.36 Å². The van der Waals surface area contributed by atoms with E-state index in [0.717, 1.165) is 0 Å². The topological polar surface area (TPSA) is 48.3 Å². The Morgan fingerprint density at radius 2 is 2.04 bits per heavy atom. The van der Waals surface area contributed by atoms with Gasteiger partial charge in [-0.2, -0.15) is 13.2 Å². The molecule has 3 rings (SSSR count). The zero-order valence-corrected chi connectivity index (χ0v) is 12.3. The first-order valence-corrected chi connectivity index (χ1v) is 7.15. The molecule has 1 aliphatic heterocycles. The smallest absolute Gasteiger partial charge is 0.389 e. The number of esters is 1. The summed E-state index contributed by atoms with van der Waals surface area (Å²) in [6, 6.07) is 6.59. The Morgan fingerprint density at radius 3 is 2.70 bits per heavy atom. The van der Waals surface area contributed by atoms with E-state index in [1.165, 1.54) is 11.7 Å². The van der Waals surface area contributed by atoms with Crippen LogP contribution >= 0.6 is 0 Å². The van der Waals surface area contributed by atoms with Crippen LogP contribution < -0.4 is 0 Å². The number of carbonyl (C=O) groups is 2. The van der Waals surface area contributed by atoms with Crippen molar-refractivity contribution in [2.75, 3.05) is 7.11 Å². The summed E-state index contributed by atoms with van der Waals surface area (Å²) in [5.74, 6) is -1.96. The molecule has 1 aliphatic rings. The summed E-state index contributed by atoms with van der Waals surface area (Å²) < 4.78 is 44.7. The molecule has 23 heavy (non-hydrogen) atoms. The Morgan fingerprint density at radius 1 is 1.35 bits per heavy atom. The van der Waals surface area contributed by atoms with Crippen molar-refractivity contribution < 1.29 is 27.5 Å². The lowest BCUT2D eigenvalue weighted by Crippen LogP contribution is -2.27. The number of aromatic nitrogens is 1. The van der Waals surface area contributed by atoms with E-state index in [1.54, 1.807) is 24.3 Å². The third-order valence-electron chi connectivity index (χ3n) is 4.12. The first-order valence-electron chi connectivity index (χ1n) is 7.15. The van der Waals surface area contributed by atoms with Crippen LogP contribution in [0.15, 0.2) is 24.3 Å². The van der Waals surface area contributed by atoms with E-state index in [-0.39, 0.29) is 30.0 Å². The van der Waals surface area contributed by atoms with E-state index < -0.39 is 24.5 Å². The molecule has 1 aromatic carbocycles. The summed E-state index contributed by atoms with van der Waals surface area (Å²) in [6.07, 6.45) is -5.36. The summed E-state index contributed by atoms with van der Waals surface area (Å²) in [5.41, 5.74) is 0.622. The van der Waals surface area contributed by atoms with Crippen LogP contribution in [-0.4, -0.2) is 29.7 Å². The normalized spacial score (nSPS) is 18.1. The molecule has 0 saturated carbocycles. The molecule has 4 nitrogen and oxygen atoms in total. The minimum absolute atomic E-state index is 0.0209. The monoisotopic (exact) mass is 325 g/mol. The number of fused-ring (bicyclic) bond motifs is 3. The van der Waals surface area contributed by atoms with Gasteiger partial charge in [0, 0.05) is 23.4 Å². The quantitative estimate of drug-likeness (QED) is 0.787. The molecule has 0 bridgehead atoms. The van der Waals surface area contributed by atoms with E-state index in [0.29, 0.717) is 10.9 Å². The molecule has 2 aromatic rings. The van der Waals surface area contributed by atoms with Gasteiger partial charge in [-0.15, -0.1) is 0 Å². The Balaban J connectivity index is 2.30. The molecular formula is C16H14F3NO3. The molecule has 0 radical (unpaired) electrons. The fourth-order valence-electron chi connectivity index (χ4n) is 3.26. The standard InChI is InChI=1S/C16H14F3NO3/c1-23-15(22)13-10-4-2-3-5-11(10)20-12(21)7-6-9(14(13)20)8-16(17,18)19/h2-5,9H,6-8H2,1H3. The van der Waals surface area contributed by atoms with Gasteiger partial charge in [0.15, 0.2) is 0 Å². The summed E-state index contributed by atoms with van der Waals surface area (Å²) >= 11 is 0. The SMILES string of the molecule is COC(=O)c1c2n(c3ccccc13)C(=O)CCC2CC(F)(F)F. The average Bonchev–Trinajstić information content (AvgIpc) is 2.84. The number of nitrogens with zero attached hydrogens (tertiary/aromatic N) is 1. The van der Waals surface area contributed by atoms with Crippen molar-refractivity contribution in [3.63, 3.8) is 0 Å². The highest BCUT2D eigenvalue weighted by Gasteiger charge is 2.40. The maximum absolute atomic E-state index is 12.9. The van der Waals surface area contributed by atoms with E-state index in [2.05, 4.69) is 0 Å². The van der Waals surface area contributed by atoms with Crippen LogP contribution in [0.5, 0.6) is 0 Å². The fourth-order valence-corrected chi connectivity index (χ4v) is 3.26. The number of ether oxygens (including phenoxy) is 1. The van der Waals surface area contributed by atoms with Crippen LogP contribution in [-0.2, 0) is 4.74 Å². The Kier molecular flexibility index (Phi) is 3.66. The Labute approximate surface area is 129 Å². The molecule has 0 N–H and O–H groups in total. The lowest BCUT2D eigenvalue weighted by atomic mass is 9.89. The number of hydrogen-bond donors (Lipinski definition) is 0. The number of hydrogen-bond acceptors (Lipinski definition) is 3. The number of halogens is 3. The maximum Gasteiger partial charge on any atom is 0.389 e. The second-order valence-electron chi connectivity index (χ2n) is 5.55. The first kappa shape index (κ1) is 15.6. The predicted octanol–water partition coefficient (Wildman–Crippen LogP) is 3.90. The lowest BCUT2D eigenvalue weighted by Gasteiger charge is -2.26. The van der Waals surface area contributed by atoms with Gasteiger partial charge in [-0.25, -0.2) is 4.79 Å². The van der Waals surface area contributed by atoms with Crippen molar-refractivity contribution in [2.45, 2.75) is 31.4 Å². The van der Waals surface area contributed by atoms with Crippen LogP contribution in [0.25, 0.3) is 10.9 Å². The molecule has 7 heteroatoms. The molecule has 0 spiro atoms. The van der Waals surface area contributed by atoms with Gasteiger partial charge >= 0.3 is 12.1 Å². The Hall–Kier alpha value is -2.31. The molecule has 2 heterocycles. The zero-order chi connectivity index (χ0) is 16.8. The molecule has 0 saturated heterocycles. The fraction of sp³-hybridized carbons (Fsp3) is 0.375. The Bertz CT molecular complexity index is 792. The third kappa shape index (κ3) is 2.60. The van der Waals surface area contributed by atoms with Crippen molar-refractivity contribution in [1.29, 1.82) is 0 Å². The molecule has 0 amide bonds. The summed E-state index contributed by atoms with van der Waals surface area (Å²) in [6.45, 7) is 0. The summed E-state index contributed by atoms with van der Waals surface area (Å²) in [5, 5.41) is 0.441. The van der Waals surface area contributed by atoms with Gasteiger partial charge in [-0.05, 0) is 12.5 Å². The van der Waals surface area contributed by atoms with Crippen molar-refractivity contribution in [2.24, 2.45) is 0 Å². The number of para-hydroxylation sites is 1. The van der Waals surface area contributed by atoms with Crippen LogP contribution in [0, 0.1) is 0 Å². The van der Waals surface area contributed by atoms with Gasteiger partial charge in [0.2, 0.25) is 5.91 Å². The third-order valence-corrected chi connectivity index (χ3v) is 4.12. The highest BCUT2D eigenvalue weighted by molar-refractivity contribution is 6.09. The minimum atomic E-state index is -4.38. The largest absolute Gasteiger partial charge is 0.465 e. The summed E-state index contributed by atoms with van der Waals surface area (Å²) in [4.78, 5) is 24.4. The highest BCUT2D eigenvalue weighted by Crippen LogP contribution is 2.42. The molecule has 0 aliphatic carbocycles. The zero-order valence-electron chi connectivity index (χ0n) is 12.3. The van der Waals surface area contributed by atoms with E-state index in [1.807, 2.05) is 0 Å². The van der Waals surface area contributed by atoms with Crippen molar-refractivity contribution in [1.82, 2.24) is 4.57 Å². The van der Waals surface area contributed by atoms with E-state index in [4.69, 9.17) is 4.74 Å². The van der Waals surface area contributed by atoms with Gasteiger partial charge in [0.25, 0.3) is 0 Å². The van der Waals surface area contributed by atoms with Crippen LogP contribution in [0.2, 0.25) is 0 Å². The predicted molar refractivity (Wildman–Crippen MR) is 76.6 cm³/mol. The first-order chi connectivity index (χ1) is 10.8. The average molecular weight is 325 g/mol. The van der Waals surface area contributed by atoms with Crippen molar-refractivity contribution in [3.8, 4) is 0 Å². The number of alkyl halides is 3. The van der Waals surface area contributed by atoms with Gasteiger partial charge in [0.1, 0.15) is 0 Å². The van der Waals surface area contributed by atoms with Crippen molar-refractivity contribution >= 4 is 22.8 Å². The van der Waals surface area contributed by atoms with Crippen molar-refractivity contribution in [3.05, 3.63) is 35.5 Å². The molecule has 122 valence electrons. The van der Waals surface area contributed by atoms with Gasteiger partial charge in [0.05, 0.1) is 24.6 Å². The molecule has 1 atom stereocenters. The highest BCUT2D eigenvalue weighted by atomic mass is 19.4. The van der Waals surface area contributed by atoms with E-state index in [9.17, 15) is 22.8 Å². The van der Waals surface area contributed by atoms with E-state index >= 15 is 0 Å².